The van der Waals surface area contributed by atoms with E-state index < -0.39 is 10.9 Å². The first-order chi connectivity index (χ1) is 11.0. The summed E-state index contributed by atoms with van der Waals surface area (Å²) < 4.78 is 9.69. The fraction of sp³-hybridized carbons (Fsp3) is 0.429. The van der Waals surface area contributed by atoms with Crippen LogP contribution in [0.2, 0.25) is 0 Å². The number of morpholine rings is 1. The van der Waals surface area contributed by atoms with Crippen LogP contribution in [0.1, 0.15) is 10.4 Å². The van der Waals surface area contributed by atoms with Gasteiger partial charge < -0.3 is 14.4 Å². The number of nitro benzene ring substituents is 1. The lowest BCUT2D eigenvalue weighted by atomic mass is 10.1. The van der Waals surface area contributed by atoms with Crippen LogP contribution in [0.4, 0.5) is 5.69 Å². The molecule has 124 valence electrons. The molecule has 9 heteroatoms. The molecule has 0 N–H and O–H groups in total. The van der Waals surface area contributed by atoms with Gasteiger partial charge in [0.15, 0.2) is 0 Å². The maximum Gasteiger partial charge on any atom is 0.315 e. The Hall–Kier alpha value is -2.13. The van der Waals surface area contributed by atoms with E-state index in [4.69, 9.17) is 4.74 Å². The number of benzene rings is 1. The third-order valence-corrected chi connectivity index (χ3v) is 4.31. The average molecular weight is 340 g/mol. The number of hydrogen-bond donors (Lipinski definition) is 0. The van der Waals surface area contributed by atoms with Gasteiger partial charge in [-0.05, 0) is 12.1 Å². The zero-order valence-corrected chi connectivity index (χ0v) is 13.3. The second-order valence-corrected chi connectivity index (χ2v) is 5.73. The molecule has 1 aromatic carbocycles. The molecule has 1 aliphatic heterocycles. The van der Waals surface area contributed by atoms with E-state index in [0.717, 1.165) is 11.8 Å². The number of nitrogens with zero attached hydrogens (tertiary/aromatic N) is 2. The molecular formula is C14H16N2O6S. The molecule has 0 spiro atoms. The lowest BCUT2D eigenvalue weighted by Gasteiger charge is -2.26. The molecule has 0 radical (unpaired) electrons. The number of methoxy groups -OCH3 is 1. The van der Waals surface area contributed by atoms with Gasteiger partial charge in [-0.15, -0.1) is 11.8 Å². The molecule has 1 aromatic rings. The van der Waals surface area contributed by atoms with E-state index >= 15 is 0 Å². The molecule has 0 saturated carbocycles. The number of hydrogen-bond acceptors (Lipinski definition) is 7. The van der Waals surface area contributed by atoms with E-state index in [1.54, 1.807) is 4.90 Å². The smallest absolute Gasteiger partial charge is 0.315 e. The predicted molar refractivity (Wildman–Crippen MR) is 82.6 cm³/mol. The highest BCUT2D eigenvalue weighted by atomic mass is 32.2. The monoisotopic (exact) mass is 340 g/mol. The second-order valence-electron chi connectivity index (χ2n) is 4.71. The minimum Gasteiger partial charge on any atom is -0.468 e. The van der Waals surface area contributed by atoms with Crippen molar-refractivity contribution in [1.82, 2.24) is 4.90 Å². The Balaban J connectivity index is 2.19. The number of carbonyl (C=O) groups excluding carboxylic acids is 2. The highest BCUT2D eigenvalue weighted by molar-refractivity contribution is 8.00. The molecule has 0 aromatic heterocycles. The Morgan fingerprint density at radius 2 is 2.09 bits per heavy atom. The van der Waals surface area contributed by atoms with Gasteiger partial charge in [0.2, 0.25) is 0 Å². The lowest BCUT2D eigenvalue weighted by molar-refractivity contribution is -0.387. The summed E-state index contributed by atoms with van der Waals surface area (Å²) >= 11 is 1.00. The summed E-state index contributed by atoms with van der Waals surface area (Å²) in [5.74, 6) is -0.771. The van der Waals surface area contributed by atoms with E-state index in [1.165, 1.54) is 25.3 Å². The molecular weight excluding hydrogens is 324 g/mol. The fourth-order valence-corrected chi connectivity index (χ4v) is 2.90. The van der Waals surface area contributed by atoms with Crippen LogP contribution in [0.3, 0.4) is 0 Å². The van der Waals surface area contributed by atoms with Crippen molar-refractivity contribution in [2.75, 3.05) is 39.2 Å². The fourth-order valence-electron chi connectivity index (χ4n) is 2.06. The summed E-state index contributed by atoms with van der Waals surface area (Å²) in [7, 11) is 1.25. The van der Waals surface area contributed by atoms with Crippen LogP contribution < -0.4 is 0 Å². The van der Waals surface area contributed by atoms with Gasteiger partial charge in [-0.3, -0.25) is 19.7 Å². The Labute approximate surface area is 136 Å². The summed E-state index contributed by atoms with van der Waals surface area (Å²) in [6, 6.07) is 4.27. The number of thioether (sulfide) groups is 1. The van der Waals surface area contributed by atoms with Crippen molar-refractivity contribution in [2.45, 2.75) is 4.90 Å². The number of ether oxygens (including phenoxy) is 2. The Morgan fingerprint density at radius 3 is 2.70 bits per heavy atom. The van der Waals surface area contributed by atoms with Gasteiger partial charge >= 0.3 is 5.97 Å². The zero-order chi connectivity index (χ0) is 16.8. The van der Waals surface area contributed by atoms with Gasteiger partial charge in [0, 0.05) is 24.7 Å². The molecule has 1 saturated heterocycles. The summed E-state index contributed by atoms with van der Waals surface area (Å²) in [5.41, 5.74) is 0.0547. The van der Waals surface area contributed by atoms with E-state index in [9.17, 15) is 19.7 Å². The minimum atomic E-state index is -0.560. The van der Waals surface area contributed by atoms with E-state index in [1.807, 2.05) is 0 Å². The molecule has 1 heterocycles. The molecule has 1 aliphatic rings. The summed E-state index contributed by atoms with van der Waals surface area (Å²) in [6.07, 6.45) is 0. The lowest BCUT2D eigenvalue weighted by Crippen LogP contribution is -2.40. The van der Waals surface area contributed by atoms with Gasteiger partial charge in [0.05, 0.1) is 35.9 Å². The van der Waals surface area contributed by atoms with Crippen LogP contribution in [0.25, 0.3) is 0 Å². The van der Waals surface area contributed by atoms with Gasteiger partial charge in [0.1, 0.15) is 0 Å². The number of amides is 1. The summed E-state index contributed by atoms with van der Waals surface area (Å²) in [5, 5.41) is 11.2. The molecule has 1 fully saturated rings. The molecule has 0 aliphatic carbocycles. The number of nitro groups is 1. The molecule has 1 amide bonds. The Kier molecular flexibility index (Phi) is 5.94. The molecule has 2 rings (SSSR count). The van der Waals surface area contributed by atoms with Gasteiger partial charge in [-0.1, -0.05) is 0 Å². The van der Waals surface area contributed by atoms with Crippen molar-refractivity contribution in [3.63, 3.8) is 0 Å². The number of esters is 1. The topological polar surface area (TPSA) is 99.0 Å². The van der Waals surface area contributed by atoms with Crippen molar-refractivity contribution in [1.29, 1.82) is 0 Å². The van der Waals surface area contributed by atoms with Crippen molar-refractivity contribution in [3.8, 4) is 0 Å². The molecule has 23 heavy (non-hydrogen) atoms. The number of carbonyl (C=O) groups is 2. The summed E-state index contributed by atoms with van der Waals surface area (Å²) in [4.78, 5) is 36.1. The van der Waals surface area contributed by atoms with Crippen LogP contribution in [-0.4, -0.2) is 60.9 Å². The first-order valence-electron chi connectivity index (χ1n) is 6.88. The SMILES string of the molecule is COC(=O)CSc1ccc(C(=O)N2CCOCC2)cc1[N+](=O)[O-]. The third kappa shape index (κ3) is 4.42. The van der Waals surface area contributed by atoms with Crippen molar-refractivity contribution < 1.29 is 24.0 Å². The second kappa shape index (κ2) is 7.93. The average Bonchev–Trinajstić information content (AvgIpc) is 2.59. The largest absolute Gasteiger partial charge is 0.468 e. The van der Waals surface area contributed by atoms with Crippen LogP contribution in [0, 0.1) is 10.1 Å². The highest BCUT2D eigenvalue weighted by Crippen LogP contribution is 2.30. The number of rotatable bonds is 5. The highest BCUT2D eigenvalue weighted by Gasteiger charge is 2.23. The predicted octanol–water partition coefficient (Wildman–Crippen LogP) is 1.33. The van der Waals surface area contributed by atoms with Crippen molar-refractivity contribution in [2.24, 2.45) is 0 Å². The van der Waals surface area contributed by atoms with E-state index in [0.29, 0.717) is 31.2 Å². The molecule has 8 nitrogen and oxygen atoms in total. The van der Waals surface area contributed by atoms with Crippen LogP contribution >= 0.6 is 11.8 Å². The Morgan fingerprint density at radius 1 is 1.39 bits per heavy atom. The van der Waals surface area contributed by atoms with Crippen molar-refractivity contribution in [3.05, 3.63) is 33.9 Å². The van der Waals surface area contributed by atoms with Crippen LogP contribution in [0.5, 0.6) is 0 Å². The summed E-state index contributed by atoms with van der Waals surface area (Å²) in [6.45, 7) is 1.85. The van der Waals surface area contributed by atoms with E-state index in [-0.39, 0.29) is 22.9 Å². The van der Waals surface area contributed by atoms with Gasteiger partial charge in [-0.25, -0.2) is 0 Å². The molecule has 0 bridgehead atoms. The van der Waals surface area contributed by atoms with Gasteiger partial charge in [-0.2, -0.15) is 0 Å². The quantitative estimate of drug-likeness (QED) is 0.345. The van der Waals surface area contributed by atoms with Crippen LogP contribution in [0.15, 0.2) is 23.1 Å². The Bertz CT molecular complexity index is 615. The molecule has 0 unspecified atom stereocenters. The maximum absolute atomic E-state index is 12.4. The standard InChI is InChI=1S/C14H16N2O6S/c1-21-13(17)9-23-12-3-2-10(8-11(12)16(19)20)14(18)15-4-6-22-7-5-15/h2-3,8H,4-7,9H2,1H3. The van der Waals surface area contributed by atoms with Gasteiger partial charge in [0.25, 0.3) is 11.6 Å². The van der Waals surface area contributed by atoms with E-state index in [2.05, 4.69) is 4.74 Å². The molecule has 0 atom stereocenters. The minimum absolute atomic E-state index is 0.0336. The van der Waals surface area contributed by atoms with Crippen molar-refractivity contribution >= 4 is 29.3 Å². The third-order valence-electron chi connectivity index (χ3n) is 3.27. The van der Waals surface area contributed by atoms with Crippen LogP contribution in [-0.2, 0) is 14.3 Å². The first kappa shape index (κ1) is 17.2. The maximum atomic E-state index is 12.4. The first-order valence-corrected chi connectivity index (χ1v) is 7.86. The zero-order valence-electron chi connectivity index (χ0n) is 12.5. The normalized spacial score (nSPS) is 14.4.